The van der Waals surface area contributed by atoms with Gasteiger partial charge in [0.1, 0.15) is 0 Å². The Morgan fingerprint density at radius 1 is 1.12 bits per heavy atom. The zero-order chi connectivity index (χ0) is 10.8. The zero-order valence-electron chi connectivity index (χ0n) is 9.42. The molecule has 2 N–H and O–H groups in total. The molecule has 1 heterocycles. The molecule has 0 aromatic heterocycles. The molecule has 0 amide bonds. The third-order valence-electron chi connectivity index (χ3n) is 3.29. The van der Waals surface area contributed by atoms with Crippen molar-refractivity contribution in [2.75, 3.05) is 18.4 Å². The van der Waals surface area contributed by atoms with E-state index >= 15 is 0 Å². The summed E-state index contributed by atoms with van der Waals surface area (Å²) in [4.78, 5) is 4.34. The van der Waals surface area contributed by atoms with Crippen LogP contribution >= 0.6 is 0 Å². The molecule has 0 atom stereocenters. The van der Waals surface area contributed by atoms with Gasteiger partial charge in [-0.2, -0.15) is 0 Å². The van der Waals surface area contributed by atoms with E-state index in [0.717, 1.165) is 24.7 Å². The number of hydrogen-bond acceptors (Lipinski definition) is 3. The van der Waals surface area contributed by atoms with E-state index in [9.17, 15) is 0 Å². The largest absolute Gasteiger partial charge is 0.354 e. The third-order valence-corrected chi connectivity index (χ3v) is 3.29. The first kappa shape index (κ1) is 9.70. The molecule has 3 heteroatoms. The van der Waals surface area contributed by atoms with Crippen molar-refractivity contribution in [2.45, 2.75) is 25.7 Å². The van der Waals surface area contributed by atoms with Crippen molar-refractivity contribution in [3.05, 3.63) is 29.3 Å². The Morgan fingerprint density at radius 2 is 2.00 bits per heavy atom. The molecule has 0 unspecified atom stereocenters. The molecule has 0 bridgehead atoms. The quantitative estimate of drug-likeness (QED) is 0.751. The minimum absolute atomic E-state index is 0.882. The number of anilines is 1. The molecule has 3 nitrogen and oxygen atoms in total. The van der Waals surface area contributed by atoms with Crippen LogP contribution in [0.25, 0.3) is 0 Å². The summed E-state index contributed by atoms with van der Waals surface area (Å²) in [5.74, 6) is 0.913. The van der Waals surface area contributed by atoms with Gasteiger partial charge in [0, 0.05) is 12.2 Å². The van der Waals surface area contributed by atoms with Crippen LogP contribution in [0.15, 0.2) is 23.2 Å². The second kappa shape index (κ2) is 4.16. The Balaban J connectivity index is 1.80. The van der Waals surface area contributed by atoms with E-state index in [1.54, 1.807) is 0 Å². The summed E-state index contributed by atoms with van der Waals surface area (Å²) in [5.41, 5.74) is 4.20. The maximum Gasteiger partial charge on any atom is 0.195 e. The fourth-order valence-electron chi connectivity index (χ4n) is 2.43. The minimum atomic E-state index is 0.882. The molecular formula is C13H17N3. The average Bonchev–Trinajstić information content (AvgIpc) is 2.82. The van der Waals surface area contributed by atoms with E-state index in [-0.39, 0.29) is 0 Å². The van der Waals surface area contributed by atoms with Crippen LogP contribution < -0.4 is 10.6 Å². The lowest BCUT2D eigenvalue weighted by molar-refractivity contribution is 0.686. The molecule has 0 fully saturated rings. The van der Waals surface area contributed by atoms with Crippen LogP contribution in [0.5, 0.6) is 0 Å². The molecule has 3 rings (SSSR count). The van der Waals surface area contributed by atoms with Crippen molar-refractivity contribution >= 4 is 11.6 Å². The fourth-order valence-corrected chi connectivity index (χ4v) is 2.43. The van der Waals surface area contributed by atoms with Gasteiger partial charge in [0.05, 0.1) is 6.54 Å². The van der Waals surface area contributed by atoms with E-state index in [0.29, 0.717) is 0 Å². The Kier molecular flexibility index (Phi) is 2.52. The smallest absolute Gasteiger partial charge is 0.195 e. The molecular weight excluding hydrogens is 198 g/mol. The summed E-state index contributed by atoms with van der Waals surface area (Å²) >= 11 is 0. The summed E-state index contributed by atoms with van der Waals surface area (Å²) in [5, 5.41) is 6.55. The number of rotatable bonds is 1. The number of fused-ring (bicyclic) bond motifs is 1. The molecule has 0 spiro atoms. The molecule has 84 valence electrons. The number of hydrogen-bond donors (Lipinski definition) is 2. The van der Waals surface area contributed by atoms with Gasteiger partial charge in [0.25, 0.3) is 0 Å². The van der Waals surface area contributed by atoms with Crippen molar-refractivity contribution in [1.29, 1.82) is 0 Å². The first-order valence-corrected chi connectivity index (χ1v) is 6.09. The van der Waals surface area contributed by atoms with Crippen LogP contribution in [-0.4, -0.2) is 19.0 Å². The van der Waals surface area contributed by atoms with Crippen molar-refractivity contribution < 1.29 is 0 Å². The lowest BCUT2D eigenvalue weighted by Crippen LogP contribution is -2.26. The number of guanidine groups is 1. The summed E-state index contributed by atoms with van der Waals surface area (Å²) in [6, 6.07) is 6.69. The second-order valence-electron chi connectivity index (χ2n) is 4.47. The standard InChI is InChI=1S/C13H17N3/c1-2-4-11-9-12(6-5-10(11)3-1)16-13-14-7-8-15-13/h5-6,9H,1-4,7-8H2,(H2,14,15,16). The summed E-state index contributed by atoms with van der Waals surface area (Å²) in [6.45, 7) is 1.83. The Labute approximate surface area is 96.0 Å². The number of aryl methyl sites for hydroxylation is 2. The van der Waals surface area contributed by atoms with Gasteiger partial charge in [0.2, 0.25) is 0 Å². The molecule has 16 heavy (non-hydrogen) atoms. The first-order chi connectivity index (χ1) is 7.92. The summed E-state index contributed by atoms with van der Waals surface area (Å²) in [6.07, 6.45) is 5.14. The number of aliphatic imine (C=N–C) groups is 1. The topological polar surface area (TPSA) is 36.4 Å². The van der Waals surface area contributed by atoms with Crippen LogP contribution in [0.3, 0.4) is 0 Å². The Morgan fingerprint density at radius 3 is 2.81 bits per heavy atom. The lowest BCUT2D eigenvalue weighted by atomic mass is 9.91. The van der Waals surface area contributed by atoms with E-state index in [1.165, 1.54) is 36.8 Å². The van der Waals surface area contributed by atoms with Gasteiger partial charge in [-0.25, -0.2) is 0 Å². The van der Waals surface area contributed by atoms with E-state index in [1.807, 2.05) is 0 Å². The van der Waals surface area contributed by atoms with Gasteiger partial charge < -0.3 is 10.6 Å². The molecule has 1 aromatic carbocycles. The van der Waals surface area contributed by atoms with Gasteiger partial charge in [-0.1, -0.05) is 6.07 Å². The van der Waals surface area contributed by atoms with Crippen molar-refractivity contribution in [3.8, 4) is 0 Å². The van der Waals surface area contributed by atoms with Gasteiger partial charge in [-0.3, -0.25) is 4.99 Å². The molecule has 0 saturated carbocycles. The highest BCUT2D eigenvalue weighted by molar-refractivity contribution is 5.94. The second-order valence-corrected chi connectivity index (χ2v) is 4.47. The number of nitrogens with zero attached hydrogens (tertiary/aromatic N) is 1. The molecule has 0 saturated heterocycles. The average molecular weight is 215 g/mol. The van der Waals surface area contributed by atoms with Crippen LogP contribution in [0.1, 0.15) is 24.0 Å². The van der Waals surface area contributed by atoms with Crippen molar-refractivity contribution in [1.82, 2.24) is 5.32 Å². The molecule has 2 aliphatic rings. The Bertz CT molecular complexity index is 423. The van der Waals surface area contributed by atoms with Gasteiger partial charge in [-0.05, 0) is 48.9 Å². The minimum Gasteiger partial charge on any atom is -0.354 e. The van der Waals surface area contributed by atoms with Crippen molar-refractivity contribution in [3.63, 3.8) is 0 Å². The molecule has 0 radical (unpaired) electrons. The zero-order valence-corrected chi connectivity index (χ0v) is 9.42. The lowest BCUT2D eigenvalue weighted by Gasteiger charge is -2.17. The van der Waals surface area contributed by atoms with Crippen LogP contribution in [0.4, 0.5) is 5.69 Å². The van der Waals surface area contributed by atoms with E-state index < -0.39 is 0 Å². The summed E-state index contributed by atoms with van der Waals surface area (Å²) < 4.78 is 0. The van der Waals surface area contributed by atoms with Gasteiger partial charge in [-0.15, -0.1) is 0 Å². The highest BCUT2D eigenvalue weighted by Crippen LogP contribution is 2.24. The number of nitrogens with one attached hydrogen (secondary N) is 2. The highest BCUT2D eigenvalue weighted by Gasteiger charge is 2.10. The summed E-state index contributed by atoms with van der Waals surface area (Å²) in [7, 11) is 0. The SMILES string of the molecule is c1cc2c(cc1NC1=NCCN1)CCCC2. The molecule has 1 aliphatic heterocycles. The Hall–Kier alpha value is -1.51. The predicted molar refractivity (Wildman–Crippen MR) is 67.0 cm³/mol. The van der Waals surface area contributed by atoms with Crippen LogP contribution in [0, 0.1) is 0 Å². The highest BCUT2D eigenvalue weighted by atomic mass is 15.2. The molecule has 1 aliphatic carbocycles. The fraction of sp³-hybridized carbons (Fsp3) is 0.462. The van der Waals surface area contributed by atoms with E-state index in [2.05, 4.69) is 33.8 Å². The third kappa shape index (κ3) is 1.90. The number of benzene rings is 1. The maximum atomic E-state index is 4.34. The van der Waals surface area contributed by atoms with Gasteiger partial charge >= 0.3 is 0 Å². The van der Waals surface area contributed by atoms with Crippen LogP contribution in [-0.2, 0) is 12.8 Å². The first-order valence-electron chi connectivity index (χ1n) is 6.09. The molecule has 1 aromatic rings. The van der Waals surface area contributed by atoms with Gasteiger partial charge in [0.15, 0.2) is 5.96 Å². The van der Waals surface area contributed by atoms with E-state index in [4.69, 9.17) is 0 Å². The van der Waals surface area contributed by atoms with Crippen molar-refractivity contribution in [2.24, 2.45) is 4.99 Å². The maximum absolute atomic E-state index is 4.34. The monoisotopic (exact) mass is 215 g/mol. The predicted octanol–water partition coefficient (Wildman–Crippen LogP) is 1.94. The normalized spacial score (nSPS) is 18.6. The van der Waals surface area contributed by atoms with Crippen LogP contribution in [0.2, 0.25) is 0 Å².